The molecule has 0 aliphatic heterocycles. The smallest absolute Gasteiger partial charge is 0.273 e. The van der Waals surface area contributed by atoms with Crippen LogP contribution in [0.4, 0.5) is 22.0 Å². The van der Waals surface area contributed by atoms with E-state index in [2.05, 4.69) is 37.9 Å². The molecule has 212 valence electrons. The normalized spacial score (nSPS) is 13.2. The molecular formula is C31H33F5N4. The minimum absolute atomic E-state index is 0.0883. The second-order valence-corrected chi connectivity index (χ2v) is 11.2. The zero-order chi connectivity index (χ0) is 29.4. The lowest BCUT2D eigenvalue weighted by atomic mass is 9.81. The molecule has 0 aliphatic carbocycles. The highest BCUT2D eigenvalue weighted by Crippen LogP contribution is 2.37. The van der Waals surface area contributed by atoms with Crippen molar-refractivity contribution < 1.29 is 22.0 Å². The number of aromatic amines is 1. The van der Waals surface area contributed by atoms with Crippen molar-refractivity contribution in [1.82, 2.24) is 20.2 Å². The van der Waals surface area contributed by atoms with Crippen LogP contribution in [0.25, 0.3) is 22.6 Å². The summed E-state index contributed by atoms with van der Waals surface area (Å²) in [6, 6.07) is 11.8. The third kappa shape index (κ3) is 6.24. The van der Waals surface area contributed by atoms with Crippen LogP contribution in [0.5, 0.6) is 0 Å². The minimum atomic E-state index is -4.56. The maximum absolute atomic E-state index is 14.8. The van der Waals surface area contributed by atoms with Crippen LogP contribution in [-0.4, -0.2) is 20.2 Å². The molecule has 0 radical (unpaired) electrons. The Bertz CT molecular complexity index is 1500. The fraction of sp³-hybridized carbons (Fsp3) is 0.387. The molecule has 3 aromatic heterocycles. The molecule has 0 fully saturated rings. The summed E-state index contributed by atoms with van der Waals surface area (Å²) in [4.78, 5) is 9.58. The van der Waals surface area contributed by atoms with Gasteiger partial charge >= 0.3 is 6.18 Å². The van der Waals surface area contributed by atoms with Crippen LogP contribution in [0.1, 0.15) is 82.1 Å². The lowest BCUT2D eigenvalue weighted by Gasteiger charge is -2.27. The van der Waals surface area contributed by atoms with Gasteiger partial charge in [0.15, 0.2) is 0 Å². The Morgan fingerprint density at radius 2 is 1.50 bits per heavy atom. The highest BCUT2D eigenvalue weighted by molar-refractivity contribution is 5.62. The monoisotopic (exact) mass is 556 g/mol. The topological polar surface area (TPSA) is 54.5 Å². The molecule has 1 aromatic carbocycles. The second kappa shape index (κ2) is 11.1. The van der Waals surface area contributed by atoms with Gasteiger partial charge in [0.05, 0.1) is 22.8 Å². The molecular weight excluding hydrogens is 523 g/mol. The summed E-state index contributed by atoms with van der Waals surface area (Å²) < 4.78 is 68.3. The fourth-order valence-electron chi connectivity index (χ4n) is 4.58. The van der Waals surface area contributed by atoms with E-state index in [4.69, 9.17) is 9.97 Å². The zero-order valence-corrected chi connectivity index (χ0v) is 23.4. The summed E-state index contributed by atoms with van der Waals surface area (Å²) in [6.07, 6.45) is -3.04. The third-order valence-corrected chi connectivity index (χ3v) is 7.19. The molecule has 4 rings (SSSR count). The van der Waals surface area contributed by atoms with E-state index >= 15 is 0 Å². The van der Waals surface area contributed by atoms with Crippen LogP contribution < -0.4 is 0 Å². The van der Waals surface area contributed by atoms with Crippen molar-refractivity contribution in [2.75, 3.05) is 0 Å². The van der Waals surface area contributed by atoms with Crippen molar-refractivity contribution in [1.29, 1.82) is 0 Å². The average molecular weight is 557 g/mol. The molecule has 9 heteroatoms. The van der Waals surface area contributed by atoms with Crippen LogP contribution in [0, 0.1) is 17.6 Å². The molecule has 4 aromatic rings. The van der Waals surface area contributed by atoms with Crippen molar-refractivity contribution in [2.24, 2.45) is 5.92 Å². The molecule has 40 heavy (non-hydrogen) atoms. The molecule has 4 nitrogen and oxygen atoms in total. The Hall–Kier alpha value is -3.62. The minimum Gasteiger partial charge on any atom is -0.273 e. The van der Waals surface area contributed by atoms with Gasteiger partial charge in [-0.25, -0.2) is 8.78 Å². The quantitative estimate of drug-likeness (QED) is 0.221. The molecule has 1 atom stereocenters. The fourth-order valence-corrected chi connectivity index (χ4v) is 4.58. The molecule has 1 N–H and O–H groups in total. The van der Waals surface area contributed by atoms with E-state index in [0.29, 0.717) is 29.2 Å². The summed E-state index contributed by atoms with van der Waals surface area (Å²) in [7, 11) is 0. The molecule has 3 heterocycles. The Morgan fingerprint density at radius 3 is 2.10 bits per heavy atom. The van der Waals surface area contributed by atoms with Crippen LogP contribution in [0.3, 0.4) is 0 Å². The highest BCUT2D eigenvalue weighted by atomic mass is 19.4. The maximum atomic E-state index is 14.8. The van der Waals surface area contributed by atoms with Gasteiger partial charge in [0, 0.05) is 17.0 Å². The van der Waals surface area contributed by atoms with Gasteiger partial charge in [0.2, 0.25) is 0 Å². The number of benzene rings is 1. The largest absolute Gasteiger partial charge is 0.432 e. The molecule has 0 saturated heterocycles. The number of aromatic nitrogens is 4. The Balaban J connectivity index is 1.89. The van der Waals surface area contributed by atoms with Gasteiger partial charge in [0.1, 0.15) is 23.0 Å². The van der Waals surface area contributed by atoms with Crippen molar-refractivity contribution >= 4 is 0 Å². The number of rotatable bonds is 8. The molecule has 0 amide bonds. The van der Waals surface area contributed by atoms with Crippen molar-refractivity contribution in [3.63, 3.8) is 0 Å². The Kier molecular flexibility index (Phi) is 8.15. The number of nitrogens with zero attached hydrogens (tertiary/aromatic N) is 3. The number of nitrogens with one attached hydrogen (secondary N) is 1. The van der Waals surface area contributed by atoms with Gasteiger partial charge in [-0.15, -0.1) is 0 Å². The molecule has 0 spiro atoms. The lowest BCUT2D eigenvalue weighted by Crippen LogP contribution is -2.24. The Morgan fingerprint density at radius 1 is 0.825 bits per heavy atom. The van der Waals surface area contributed by atoms with Crippen LogP contribution >= 0.6 is 0 Å². The number of hydrogen-bond donors (Lipinski definition) is 1. The SMILES string of the molecule is CCC(C)c1cc(-c2ccc(F)cc2F)nc(C(C)(C)c2cc(CC(C)C)cc(-c3cc(C(F)(F)F)[nH]n3)n2)c1. The van der Waals surface area contributed by atoms with E-state index in [1.807, 2.05) is 32.0 Å². The summed E-state index contributed by atoms with van der Waals surface area (Å²) in [5, 5.41) is 5.96. The second-order valence-electron chi connectivity index (χ2n) is 11.2. The van der Waals surface area contributed by atoms with E-state index < -0.39 is 28.9 Å². The van der Waals surface area contributed by atoms with Crippen LogP contribution in [0.2, 0.25) is 0 Å². The summed E-state index contributed by atoms with van der Waals surface area (Å²) >= 11 is 0. The predicted octanol–water partition coefficient (Wildman–Crippen LogP) is 8.87. The third-order valence-electron chi connectivity index (χ3n) is 7.19. The van der Waals surface area contributed by atoms with Gasteiger partial charge in [-0.1, -0.05) is 27.7 Å². The summed E-state index contributed by atoms with van der Waals surface area (Å²) in [5.41, 5.74) is 2.25. The van der Waals surface area contributed by atoms with Gasteiger partial charge in [0.25, 0.3) is 0 Å². The van der Waals surface area contributed by atoms with E-state index in [-0.39, 0.29) is 23.1 Å². The number of halogens is 5. The number of pyridine rings is 2. The van der Waals surface area contributed by atoms with E-state index in [0.717, 1.165) is 29.7 Å². The van der Waals surface area contributed by atoms with Crippen molar-refractivity contribution in [2.45, 2.75) is 71.9 Å². The zero-order valence-electron chi connectivity index (χ0n) is 23.4. The standard InChI is InChI=1S/C31H33F5N4/c1-7-18(4)20-13-24(22-9-8-21(32)15-23(22)33)37-28(14-20)30(5,6)27-12-19(10-17(2)3)11-25(38-27)26-16-29(40-39-26)31(34,35)36/h8-9,11-18H,7,10H2,1-6H3,(H,39,40). The lowest BCUT2D eigenvalue weighted by molar-refractivity contribution is -0.141. The first kappa shape index (κ1) is 29.4. The van der Waals surface area contributed by atoms with Gasteiger partial charge in [-0.3, -0.25) is 15.1 Å². The Labute approximate surface area is 231 Å². The highest BCUT2D eigenvalue weighted by Gasteiger charge is 2.34. The number of H-pyrrole nitrogens is 1. The molecule has 0 saturated carbocycles. The number of alkyl halides is 3. The first-order valence-electron chi connectivity index (χ1n) is 13.3. The molecule has 1 unspecified atom stereocenters. The van der Waals surface area contributed by atoms with Gasteiger partial charge in [-0.05, 0) is 92.1 Å². The van der Waals surface area contributed by atoms with E-state index in [1.54, 1.807) is 6.07 Å². The van der Waals surface area contributed by atoms with Crippen LogP contribution in [-0.2, 0) is 18.0 Å². The molecule has 0 bridgehead atoms. The van der Waals surface area contributed by atoms with Crippen molar-refractivity contribution in [3.05, 3.63) is 88.4 Å². The predicted molar refractivity (Wildman–Crippen MR) is 146 cm³/mol. The first-order valence-corrected chi connectivity index (χ1v) is 13.3. The molecule has 0 aliphatic rings. The van der Waals surface area contributed by atoms with Crippen molar-refractivity contribution in [3.8, 4) is 22.6 Å². The van der Waals surface area contributed by atoms with Gasteiger partial charge in [-0.2, -0.15) is 18.3 Å². The first-order chi connectivity index (χ1) is 18.7. The van der Waals surface area contributed by atoms with Gasteiger partial charge < -0.3 is 0 Å². The summed E-state index contributed by atoms with van der Waals surface area (Å²) in [5.74, 6) is -0.960. The summed E-state index contributed by atoms with van der Waals surface area (Å²) in [6.45, 7) is 12.1. The van der Waals surface area contributed by atoms with Crippen LogP contribution in [0.15, 0.2) is 48.5 Å². The maximum Gasteiger partial charge on any atom is 0.432 e. The number of hydrogen-bond acceptors (Lipinski definition) is 3. The van der Waals surface area contributed by atoms with E-state index in [9.17, 15) is 22.0 Å². The average Bonchev–Trinajstić information content (AvgIpc) is 3.39. The van der Waals surface area contributed by atoms with E-state index in [1.165, 1.54) is 12.1 Å².